The third-order valence-electron chi connectivity index (χ3n) is 4.14. The molecule has 0 radical (unpaired) electrons. The van der Waals surface area contributed by atoms with Gasteiger partial charge >= 0.3 is 0 Å². The number of nitrogens with two attached hydrogens (primary N) is 1. The maximum atomic E-state index is 5.96. The van der Waals surface area contributed by atoms with Crippen molar-refractivity contribution in [2.24, 2.45) is 18.7 Å². The fourth-order valence-corrected chi connectivity index (χ4v) is 3.05. The number of hydrogen-bond acceptors (Lipinski definition) is 5. The molecule has 3 heterocycles. The number of nitrogens with zero attached hydrogens (tertiary/aromatic N) is 5. The zero-order valence-electron chi connectivity index (χ0n) is 11.5. The van der Waals surface area contributed by atoms with E-state index in [-0.39, 0.29) is 0 Å². The number of piperidine rings is 1. The van der Waals surface area contributed by atoms with Gasteiger partial charge in [0.05, 0.1) is 11.6 Å². The van der Waals surface area contributed by atoms with Crippen LogP contribution in [0.25, 0.3) is 11.0 Å². The lowest BCUT2D eigenvalue weighted by Gasteiger charge is -2.40. The lowest BCUT2D eigenvalue weighted by molar-refractivity contribution is 0.348. The number of aryl methyl sites for hydroxylation is 1. The van der Waals surface area contributed by atoms with Crippen LogP contribution < -0.4 is 10.6 Å². The number of rotatable bonds is 2. The first-order valence-electron chi connectivity index (χ1n) is 6.81. The molecular formula is C13H20N6. The Morgan fingerprint density at radius 1 is 1.42 bits per heavy atom. The SMILES string of the molecule is CC1CCCN(c2ncnc3c2cnn3C)C1CN. The first-order chi connectivity index (χ1) is 9.22. The second kappa shape index (κ2) is 4.77. The molecule has 2 N–H and O–H groups in total. The quantitative estimate of drug-likeness (QED) is 0.869. The summed E-state index contributed by atoms with van der Waals surface area (Å²) >= 11 is 0. The molecule has 3 rings (SSSR count). The van der Waals surface area contributed by atoms with E-state index in [0.717, 1.165) is 23.4 Å². The Labute approximate surface area is 112 Å². The van der Waals surface area contributed by atoms with Gasteiger partial charge in [0, 0.05) is 26.2 Å². The van der Waals surface area contributed by atoms with E-state index in [2.05, 4.69) is 26.9 Å². The van der Waals surface area contributed by atoms with Crippen molar-refractivity contribution in [3.8, 4) is 0 Å². The van der Waals surface area contributed by atoms with Crippen LogP contribution in [0.15, 0.2) is 12.5 Å². The van der Waals surface area contributed by atoms with Gasteiger partial charge in [-0.25, -0.2) is 9.97 Å². The molecule has 6 nitrogen and oxygen atoms in total. The predicted octanol–water partition coefficient (Wildman–Crippen LogP) is 0.927. The lowest BCUT2D eigenvalue weighted by atomic mass is 9.90. The summed E-state index contributed by atoms with van der Waals surface area (Å²) in [6.07, 6.45) is 5.88. The summed E-state index contributed by atoms with van der Waals surface area (Å²) in [6, 6.07) is 0.354. The Balaban J connectivity index is 2.07. The Kier molecular flexibility index (Phi) is 3.10. The van der Waals surface area contributed by atoms with E-state index in [9.17, 15) is 0 Å². The minimum atomic E-state index is 0.354. The second-order valence-corrected chi connectivity index (χ2v) is 5.32. The van der Waals surface area contributed by atoms with Crippen LogP contribution in [0.2, 0.25) is 0 Å². The van der Waals surface area contributed by atoms with Gasteiger partial charge in [0.2, 0.25) is 0 Å². The molecular weight excluding hydrogens is 240 g/mol. The molecule has 0 bridgehead atoms. The Bertz CT molecular complexity index is 578. The van der Waals surface area contributed by atoms with Crippen LogP contribution in [0.3, 0.4) is 0 Å². The first-order valence-corrected chi connectivity index (χ1v) is 6.81. The molecule has 0 spiro atoms. The predicted molar refractivity (Wildman–Crippen MR) is 74.9 cm³/mol. The van der Waals surface area contributed by atoms with Crippen molar-refractivity contribution in [1.82, 2.24) is 19.7 Å². The zero-order valence-corrected chi connectivity index (χ0v) is 11.5. The van der Waals surface area contributed by atoms with Crippen LogP contribution >= 0.6 is 0 Å². The molecule has 19 heavy (non-hydrogen) atoms. The lowest BCUT2D eigenvalue weighted by Crippen LogP contribution is -2.49. The molecule has 0 aromatic carbocycles. The third-order valence-corrected chi connectivity index (χ3v) is 4.14. The molecule has 0 amide bonds. The highest BCUT2D eigenvalue weighted by Crippen LogP contribution is 2.30. The molecule has 1 aliphatic rings. The highest BCUT2D eigenvalue weighted by molar-refractivity contribution is 5.86. The van der Waals surface area contributed by atoms with Crippen LogP contribution in [0.5, 0.6) is 0 Å². The van der Waals surface area contributed by atoms with Crippen molar-refractivity contribution >= 4 is 16.9 Å². The zero-order chi connectivity index (χ0) is 13.4. The van der Waals surface area contributed by atoms with Gasteiger partial charge in [0.1, 0.15) is 12.1 Å². The van der Waals surface area contributed by atoms with Crippen LogP contribution in [0, 0.1) is 5.92 Å². The van der Waals surface area contributed by atoms with E-state index in [1.54, 1.807) is 11.0 Å². The first kappa shape index (κ1) is 12.3. The average Bonchev–Trinajstić information content (AvgIpc) is 2.80. The van der Waals surface area contributed by atoms with Crippen LogP contribution in [-0.2, 0) is 7.05 Å². The average molecular weight is 260 g/mol. The summed E-state index contributed by atoms with van der Waals surface area (Å²) in [5.74, 6) is 1.57. The van der Waals surface area contributed by atoms with Crippen molar-refractivity contribution in [3.63, 3.8) is 0 Å². The molecule has 2 aromatic rings. The molecule has 1 aliphatic heterocycles. The standard InChI is InChI=1S/C13H20N6/c1-9-4-3-5-19(11(9)6-14)13-10-7-17-18(2)12(10)15-8-16-13/h7-9,11H,3-6,14H2,1-2H3. The van der Waals surface area contributed by atoms with Gasteiger partial charge in [-0.3, -0.25) is 4.68 Å². The fourth-order valence-electron chi connectivity index (χ4n) is 3.05. The van der Waals surface area contributed by atoms with E-state index in [1.807, 2.05) is 13.2 Å². The van der Waals surface area contributed by atoms with E-state index in [4.69, 9.17) is 5.73 Å². The van der Waals surface area contributed by atoms with Crippen molar-refractivity contribution < 1.29 is 0 Å². The normalized spacial score (nSPS) is 24.1. The maximum Gasteiger partial charge on any atom is 0.163 e. The van der Waals surface area contributed by atoms with E-state index < -0.39 is 0 Å². The van der Waals surface area contributed by atoms with E-state index in [1.165, 1.54) is 12.8 Å². The summed E-state index contributed by atoms with van der Waals surface area (Å²) in [4.78, 5) is 11.1. The summed E-state index contributed by atoms with van der Waals surface area (Å²) in [6.45, 7) is 3.94. The molecule has 2 aromatic heterocycles. The summed E-state index contributed by atoms with van der Waals surface area (Å²) in [7, 11) is 1.90. The summed E-state index contributed by atoms with van der Waals surface area (Å²) < 4.78 is 1.78. The van der Waals surface area contributed by atoms with Gasteiger partial charge in [0.15, 0.2) is 5.65 Å². The van der Waals surface area contributed by atoms with Crippen molar-refractivity contribution in [3.05, 3.63) is 12.5 Å². The minimum Gasteiger partial charge on any atom is -0.351 e. The maximum absolute atomic E-state index is 5.96. The smallest absolute Gasteiger partial charge is 0.163 e. The van der Waals surface area contributed by atoms with Gasteiger partial charge < -0.3 is 10.6 Å². The highest BCUT2D eigenvalue weighted by Gasteiger charge is 2.29. The third kappa shape index (κ3) is 1.96. The molecule has 2 unspecified atom stereocenters. The van der Waals surface area contributed by atoms with Crippen molar-refractivity contribution in [1.29, 1.82) is 0 Å². The Hall–Kier alpha value is -1.69. The van der Waals surface area contributed by atoms with E-state index >= 15 is 0 Å². The highest BCUT2D eigenvalue weighted by atomic mass is 15.3. The molecule has 102 valence electrons. The van der Waals surface area contributed by atoms with E-state index in [0.29, 0.717) is 18.5 Å². The largest absolute Gasteiger partial charge is 0.351 e. The van der Waals surface area contributed by atoms with Gasteiger partial charge in [-0.2, -0.15) is 5.10 Å². The van der Waals surface area contributed by atoms with Gasteiger partial charge in [0.25, 0.3) is 0 Å². The van der Waals surface area contributed by atoms with Crippen LogP contribution in [0.1, 0.15) is 19.8 Å². The summed E-state index contributed by atoms with van der Waals surface area (Å²) in [5.41, 5.74) is 6.84. The Morgan fingerprint density at radius 3 is 3.05 bits per heavy atom. The minimum absolute atomic E-state index is 0.354. The number of fused-ring (bicyclic) bond motifs is 1. The molecule has 0 aliphatic carbocycles. The van der Waals surface area contributed by atoms with Gasteiger partial charge in [-0.15, -0.1) is 0 Å². The summed E-state index contributed by atoms with van der Waals surface area (Å²) in [5, 5.41) is 5.29. The fraction of sp³-hybridized carbons (Fsp3) is 0.615. The molecule has 0 saturated carbocycles. The van der Waals surface area contributed by atoms with Crippen molar-refractivity contribution in [2.75, 3.05) is 18.0 Å². The molecule has 1 saturated heterocycles. The van der Waals surface area contributed by atoms with Crippen molar-refractivity contribution in [2.45, 2.75) is 25.8 Å². The monoisotopic (exact) mass is 260 g/mol. The second-order valence-electron chi connectivity index (χ2n) is 5.32. The number of hydrogen-bond donors (Lipinski definition) is 1. The molecule has 1 fully saturated rings. The number of aromatic nitrogens is 4. The van der Waals surface area contributed by atoms with Gasteiger partial charge in [-0.05, 0) is 18.8 Å². The molecule has 6 heteroatoms. The Morgan fingerprint density at radius 2 is 2.26 bits per heavy atom. The van der Waals surface area contributed by atoms with Gasteiger partial charge in [-0.1, -0.05) is 6.92 Å². The van der Waals surface area contributed by atoms with Crippen LogP contribution in [0.4, 0.5) is 5.82 Å². The molecule has 2 atom stereocenters. The number of anilines is 1. The van der Waals surface area contributed by atoms with Crippen LogP contribution in [-0.4, -0.2) is 38.9 Å². The topological polar surface area (TPSA) is 72.9 Å².